The van der Waals surface area contributed by atoms with Crippen LogP contribution >= 0.6 is 0 Å². The normalized spacial score (nSPS) is 14.0. The van der Waals surface area contributed by atoms with Crippen molar-refractivity contribution in [2.75, 3.05) is 0 Å². The molecule has 0 saturated carbocycles. The van der Waals surface area contributed by atoms with Crippen LogP contribution in [-0.2, 0) is 12.8 Å². The van der Waals surface area contributed by atoms with Crippen molar-refractivity contribution in [2.24, 2.45) is 5.92 Å². The Morgan fingerprint density at radius 2 is 1.79 bits per heavy atom. The molecule has 1 unspecified atom stereocenters. The van der Waals surface area contributed by atoms with Crippen LogP contribution in [0.3, 0.4) is 0 Å². The molecule has 0 radical (unpaired) electrons. The topological polar surface area (TPSA) is 29.1 Å². The first-order chi connectivity index (χ1) is 16.4. The van der Waals surface area contributed by atoms with E-state index in [1.165, 1.54) is 68.8 Å². The SMILES string of the molecule is C=CC(NC(C)=C(C)C)c1ccc2cc(CCC(CC)CC)c3ccc4c(c3c2c1)CCC4=O. The maximum absolute atomic E-state index is 12.6. The lowest BCUT2D eigenvalue weighted by atomic mass is 9.87. The van der Waals surface area contributed by atoms with Gasteiger partial charge >= 0.3 is 0 Å². The molecule has 0 fully saturated rings. The van der Waals surface area contributed by atoms with Gasteiger partial charge in [0.2, 0.25) is 0 Å². The smallest absolute Gasteiger partial charge is 0.163 e. The lowest BCUT2D eigenvalue weighted by Crippen LogP contribution is -2.18. The summed E-state index contributed by atoms with van der Waals surface area (Å²) >= 11 is 0. The number of allylic oxidation sites excluding steroid dienone is 2. The van der Waals surface area contributed by atoms with E-state index in [2.05, 4.69) is 82.9 Å². The fraction of sp³-hybridized carbons (Fsp3) is 0.406. The number of Topliss-reactive ketones (excluding diaryl/α,β-unsaturated/α-hetero) is 1. The van der Waals surface area contributed by atoms with Gasteiger partial charge < -0.3 is 5.32 Å². The maximum atomic E-state index is 12.6. The van der Waals surface area contributed by atoms with E-state index in [9.17, 15) is 4.79 Å². The number of carbonyl (C=O) groups excluding carboxylic acids is 1. The molecular weight excluding hydrogens is 414 g/mol. The lowest BCUT2D eigenvalue weighted by molar-refractivity contribution is 0.0994. The minimum Gasteiger partial charge on any atom is -0.378 e. The monoisotopic (exact) mass is 453 g/mol. The summed E-state index contributed by atoms with van der Waals surface area (Å²) in [7, 11) is 0. The first-order valence-electron chi connectivity index (χ1n) is 12.9. The quantitative estimate of drug-likeness (QED) is 0.259. The Bertz CT molecular complexity index is 1270. The Labute approximate surface area is 205 Å². The highest BCUT2D eigenvalue weighted by Crippen LogP contribution is 2.38. The number of carbonyl (C=O) groups is 1. The van der Waals surface area contributed by atoms with Crippen molar-refractivity contribution < 1.29 is 4.79 Å². The van der Waals surface area contributed by atoms with Crippen molar-refractivity contribution >= 4 is 27.3 Å². The standard InChI is InChI=1S/C32H39NO/c1-7-22(8-2)10-11-23-18-24-12-13-25(30(9-3)33-21(6)20(4)5)19-29(24)32-26(23)14-15-27-28(32)16-17-31(27)34/h9,12-15,18-19,22,30,33H,3,7-8,10-11,16-17H2,1-2,4-6H3. The molecule has 0 aliphatic heterocycles. The molecule has 4 rings (SSSR count). The molecule has 0 amide bonds. The maximum Gasteiger partial charge on any atom is 0.163 e. The van der Waals surface area contributed by atoms with Gasteiger partial charge in [-0.05, 0) is 90.3 Å². The second-order valence-corrected chi connectivity index (χ2v) is 10.2. The molecule has 0 saturated heterocycles. The van der Waals surface area contributed by atoms with Crippen LogP contribution in [0.15, 0.2) is 60.3 Å². The number of ketones is 1. The van der Waals surface area contributed by atoms with Crippen LogP contribution in [0.4, 0.5) is 0 Å². The van der Waals surface area contributed by atoms with Crippen LogP contribution in [0.25, 0.3) is 21.5 Å². The molecule has 2 heteroatoms. The van der Waals surface area contributed by atoms with E-state index in [0.717, 1.165) is 24.3 Å². The van der Waals surface area contributed by atoms with Crippen molar-refractivity contribution in [2.45, 2.75) is 79.2 Å². The summed E-state index contributed by atoms with van der Waals surface area (Å²) in [5, 5.41) is 8.77. The molecule has 0 heterocycles. The van der Waals surface area contributed by atoms with Crippen LogP contribution in [0.5, 0.6) is 0 Å². The number of hydrogen-bond acceptors (Lipinski definition) is 2. The van der Waals surface area contributed by atoms with Gasteiger partial charge in [-0.15, -0.1) is 6.58 Å². The summed E-state index contributed by atoms with van der Waals surface area (Å²) < 4.78 is 0. The van der Waals surface area contributed by atoms with Gasteiger partial charge in [0.05, 0.1) is 6.04 Å². The van der Waals surface area contributed by atoms with E-state index in [4.69, 9.17) is 0 Å². The molecule has 3 aromatic carbocycles. The summed E-state index contributed by atoms with van der Waals surface area (Å²) in [5.74, 6) is 1.05. The van der Waals surface area contributed by atoms with E-state index in [-0.39, 0.29) is 11.8 Å². The highest BCUT2D eigenvalue weighted by atomic mass is 16.1. The summed E-state index contributed by atoms with van der Waals surface area (Å²) in [5.41, 5.74) is 7.25. The van der Waals surface area contributed by atoms with Gasteiger partial charge in [-0.2, -0.15) is 0 Å². The van der Waals surface area contributed by atoms with Gasteiger partial charge in [-0.3, -0.25) is 4.79 Å². The summed E-state index contributed by atoms with van der Waals surface area (Å²) in [6.45, 7) is 15.1. The highest BCUT2D eigenvalue weighted by Gasteiger charge is 2.24. The van der Waals surface area contributed by atoms with E-state index in [0.29, 0.717) is 6.42 Å². The van der Waals surface area contributed by atoms with Gasteiger partial charge in [0, 0.05) is 17.7 Å². The average Bonchev–Trinajstić information content (AvgIpc) is 3.23. The van der Waals surface area contributed by atoms with E-state index >= 15 is 0 Å². The molecule has 178 valence electrons. The molecule has 3 aromatic rings. The molecule has 34 heavy (non-hydrogen) atoms. The van der Waals surface area contributed by atoms with Crippen molar-refractivity contribution in [3.63, 3.8) is 0 Å². The van der Waals surface area contributed by atoms with E-state index < -0.39 is 0 Å². The molecule has 0 bridgehead atoms. The van der Waals surface area contributed by atoms with Crippen molar-refractivity contribution in [3.8, 4) is 0 Å². The zero-order valence-corrected chi connectivity index (χ0v) is 21.6. The van der Waals surface area contributed by atoms with Crippen LogP contribution in [0.2, 0.25) is 0 Å². The minimum absolute atomic E-state index is 0.0438. The van der Waals surface area contributed by atoms with Crippen LogP contribution < -0.4 is 5.32 Å². The first-order valence-corrected chi connectivity index (χ1v) is 12.9. The fourth-order valence-corrected chi connectivity index (χ4v) is 5.41. The predicted molar refractivity (Wildman–Crippen MR) is 147 cm³/mol. The molecule has 1 N–H and O–H groups in total. The Balaban J connectivity index is 1.90. The van der Waals surface area contributed by atoms with Gasteiger partial charge in [-0.25, -0.2) is 0 Å². The number of fused-ring (bicyclic) bond motifs is 5. The molecule has 1 atom stereocenters. The lowest BCUT2D eigenvalue weighted by Gasteiger charge is -2.20. The fourth-order valence-electron chi connectivity index (χ4n) is 5.41. The van der Waals surface area contributed by atoms with Gasteiger partial charge in [0.25, 0.3) is 0 Å². The number of rotatable bonds is 9. The highest BCUT2D eigenvalue weighted by molar-refractivity contribution is 6.15. The third-order valence-electron chi connectivity index (χ3n) is 7.93. The molecule has 1 aliphatic carbocycles. The Kier molecular flexibility index (Phi) is 7.26. The molecule has 1 aliphatic rings. The predicted octanol–water partition coefficient (Wildman–Crippen LogP) is 8.62. The third kappa shape index (κ3) is 4.56. The zero-order valence-electron chi connectivity index (χ0n) is 21.6. The second kappa shape index (κ2) is 10.2. The number of nitrogens with one attached hydrogen (secondary N) is 1. The molecule has 2 nitrogen and oxygen atoms in total. The van der Waals surface area contributed by atoms with E-state index in [1.807, 2.05) is 6.08 Å². The van der Waals surface area contributed by atoms with Gasteiger partial charge in [0.1, 0.15) is 0 Å². The van der Waals surface area contributed by atoms with Crippen molar-refractivity contribution in [1.29, 1.82) is 0 Å². The van der Waals surface area contributed by atoms with Gasteiger partial charge in [-0.1, -0.05) is 68.7 Å². The second-order valence-electron chi connectivity index (χ2n) is 10.2. The Hall–Kier alpha value is -2.87. The van der Waals surface area contributed by atoms with Gasteiger partial charge in [0.15, 0.2) is 5.78 Å². The number of benzene rings is 3. The Morgan fingerprint density at radius 1 is 1.03 bits per heavy atom. The van der Waals surface area contributed by atoms with E-state index in [1.54, 1.807) is 0 Å². The first kappa shape index (κ1) is 24.3. The average molecular weight is 454 g/mol. The summed E-state index contributed by atoms with van der Waals surface area (Å²) in [4.78, 5) is 12.6. The number of hydrogen-bond donors (Lipinski definition) is 1. The van der Waals surface area contributed by atoms with Crippen LogP contribution in [-0.4, -0.2) is 5.78 Å². The van der Waals surface area contributed by atoms with Crippen molar-refractivity contribution in [1.82, 2.24) is 5.32 Å². The summed E-state index contributed by atoms with van der Waals surface area (Å²) in [6.07, 6.45) is 8.22. The molecule has 0 aromatic heterocycles. The zero-order chi connectivity index (χ0) is 24.4. The van der Waals surface area contributed by atoms with Crippen LogP contribution in [0, 0.1) is 5.92 Å². The molecular formula is C32H39NO. The summed E-state index contributed by atoms with van der Waals surface area (Å²) in [6, 6.07) is 13.5. The number of aryl methyl sites for hydroxylation is 2. The molecule has 0 spiro atoms. The minimum atomic E-state index is 0.0438. The third-order valence-corrected chi connectivity index (χ3v) is 7.93. The largest absolute Gasteiger partial charge is 0.378 e. The van der Waals surface area contributed by atoms with Crippen molar-refractivity contribution in [3.05, 3.63) is 82.6 Å². The van der Waals surface area contributed by atoms with Crippen LogP contribution in [0.1, 0.15) is 93.4 Å². The Morgan fingerprint density at radius 3 is 2.47 bits per heavy atom.